The van der Waals surface area contributed by atoms with E-state index in [9.17, 15) is 9.18 Å². The van der Waals surface area contributed by atoms with Crippen molar-refractivity contribution < 1.29 is 23.8 Å². The molecule has 0 bridgehead atoms. The van der Waals surface area contributed by atoms with Gasteiger partial charge in [-0.05, 0) is 12.1 Å². The van der Waals surface area contributed by atoms with Crippen molar-refractivity contribution in [3.63, 3.8) is 0 Å². The number of benzene rings is 1. The van der Waals surface area contributed by atoms with Crippen LogP contribution in [0.3, 0.4) is 0 Å². The van der Waals surface area contributed by atoms with E-state index >= 15 is 0 Å². The summed E-state index contributed by atoms with van der Waals surface area (Å²) in [5, 5.41) is 10.7. The van der Waals surface area contributed by atoms with E-state index in [4.69, 9.17) is 14.6 Å². The first kappa shape index (κ1) is 12.1. The Hall–Kier alpha value is -1.98. The molecule has 0 aromatic heterocycles. The minimum Gasteiger partial charge on any atom is -0.486 e. The topological polar surface area (TPSA) is 67.8 Å². The van der Waals surface area contributed by atoms with E-state index in [1.807, 2.05) is 0 Å². The van der Waals surface area contributed by atoms with Crippen molar-refractivity contribution in [3.8, 4) is 11.5 Å². The number of rotatable bonds is 1. The Bertz CT molecular complexity index is 370. The monoisotopic (exact) mass is 229 g/mol. The summed E-state index contributed by atoms with van der Waals surface area (Å²) in [6, 6.07) is 4.91. The average Bonchev–Trinajstić information content (AvgIpc) is 2.31. The highest BCUT2D eigenvalue weighted by Crippen LogP contribution is 2.32. The standard InChI is InChI=1S/C9H9NO4.CH3F/c11-9(12)10-6-1-2-7-8(5-6)14-4-3-13-7;1-2/h1-2,5,10H,3-4H2,(H,11,12);1H3. The zero-order chi connectivity index (χ0) is 12.0. The van der Waals surface area contributed by atoms with Crippen LogP contribution in [0.4, 0.5) is 14.9 Å². The number of carbonyl (C=O) groups is 1. The fourth-order valence-electron chi connectivity index (χ4n) is 1.24. The fraction of sp³-hybridized carbons (Fsp3) is 0.300. The summed E-state index contributed by atoms with van der Waals surface area (Å²) in [6.07, 6.45) is -1.10. The number of hydrogen-bond donors (Lipinski definition) is 2. The third-order valence-corrected chi connectivity index (χ3v) is 1.79. The first-order valence-electron chi connectivity index (χ1n) is 4.53. The quantitative estimate of drug-likeness (QED) is 0.774. The molecule has 1 aromatic carbocycles. The maximum absolute atomic E-state index is 10.4. The second-order valence-electron chi connectivity index (χ2n) is 2.79. The molecule has 1 aliphatic rings. The zero-order valence-electron chi connectivity index (χ0n) is 8.70. The van der Waals surface area contributed by atoms with E-state index < -0.39 is 6.09 Å². The van der Waals surface area contributed by atoms with Gasteiger partial charge in [-0.15, -0.1) is 0 Å². The second-order valence-corrected chi connectivity index (χ2v) is 2.79. The Morgan fingerprint density at radius 2 is 1.94 bits per heavy atom. The number of amides is 1. The van der Waals surface area contributed by atoms with Crippen LogP contribution < -0.4 is 14.8 Å². The molecule has 88 valence electrons. The van der Waals surface area contributed by atoms with Gasteiger partial charge in [0, 0.05) is 11.8 Å². The summed E-state index contributed by atoms with van der Waals surface area (Å²) in [6.45, 7) is 1.02. The number of hydrogen-bond acceptors (Lipinski definition) is 3. The molecule has 0 fully saturated rings. The predicted octanol–water partition coefficient (Wildman–Crippen LogP) is 2.13. The molecule has 0 atom stereocenters. The van der Waals surface area contributed by atoms with E-state index in [1.165, 1.54) is 0 Å². The minimum atomic E-state index is -1.10. The molecule has 0 aliphatic carbocycles. The summed E-state index contributed by atoms with van der Waals surface area (Å²) < 4.78 is 20.1. The van der Waals surface area contributed by atoms with Gasteiger partial charge in [0.15, 0.2) is 11.5 Å². The molecule has 1 heterocycles. The smallest absolute Gasteiger partial charge is 0.409 e. The summed E-state index contributed by atoms with van der Waals surface area (Å²) >= 11 is 0. The SMILES string of the molecule is CF.O=C(O)Nc1ccc2c(c1)OCCO2. The Kier molecular flexibility index (Phi) is 4.38. The van der Waals surface area contributed by atoms with Crippen molar-refractivity contribution in [2.45, 2.75) is 0 Å². The molecule has 0 spiro atoms. The maximum atomic E-state index is 10.4. The molecule has 1 amide bonds. The van der Waals surface area contributed by atoms with Crippen molar-refractivity contribution >= 4 is 11.8 Å². The highest BCUT2D eigenvalue weighted by Gasteiger charge is 2.11. The van der Waals surface area contributed by atoms with Crippen molar-refractivity contribution in [2.24, 2.45) is 0 Å². The third kappa shape index (κ3) is 3.01. The number of fused-ring (bicyclic) bond motifs is 1. The van der Waals surface area contributed by atoms with Crippen LogP contribution in [-0.2, 0) is 0 Å². The van der Waals surface area contributed by atoms with Crippen molar-refractivity contribution in [1.29, 1.82) is 0 Å². The van der Waals surface area contributed by atoms with Crippen LogP contribution in [0.15, 0.2) is 18.2 Å². The van der Waals surface area contributed by atoms with Crippen LogP contribution in [0.1, 0.15) is 0 Å². The van der Waals surface area contributed by atoms with Crippen LogP contribution >= 0.6 is 0 Å². The first-order chi connectivity index (χ1) is 7.75. The molecular weight excluding hydrogens is 217 g/mol. The number of ether oxygens (including phenoxy) is 2. The van der Waals surface area contributed by atoms with Crippen LogP contribution in [0.2, 0.25) is 0 Å². The molecule has 16 heavy (non-hydrogen) atoms. The minimum absolute atomic E-state index is 0.474. The van der Waals surface area contributed by atoms with Gasteiger partial charge in [0.25, 0.3) is 0 Å². The number of carboxylic acid groups (broad SMARTS) is 1. The lowest BCUT2D eigenvalue weighted by molar-refractivity contribution is 0.171. The zero-order valence-corrected chi connectivity index (χ0v) is 8.70. The van der Waals surface area contributed by atoms with E-state index in [1.54, 1.807) is 18.2 Å². The van der Waals surface area contributed by atoms with Gasteiger partial charge in [-0.25, -0.2) is 4.79 Å². The Balaban J connectivity index is 0.000000606. The van der Waals surface area contributed by atoms with Crippen molar-refractivity contribution in [2.75, 3.05) is 25.7 Å². The normalized spacial score (nSPS) is 12.1. The largest absolute Gasteiger partial charge is 0.486 e. The van der Waals surface area contributed by atoms with Crippen LogP contribution in [0, 0.1) is 0 Å². The predicted molar refractivity (Wildman–Crippen MR) is 56.1 cm³/mol. The Morgan fingerprint density at radius 1 is 1.31 bits per heavy atom. The van der Waals surface area contributed by atoms with Crippen LogP contribution in [-0.4, -0.2) is 31.6 Å². The lowest BCUT2D eigenvalue weighted by Gasteiger charge is -2.18. The van der Waals surface area contributed by atoms with E-state index in [-0.39, 0.29) is 0 Å². The van der Waals surface area contributed by atoms with E-state index in [0.717, 1.165) is 0 Å². The van der Waals surface area contributed by atoms with Gasteiger partial charge in [0.1, 0.15) is 13.2 Å². The highest BCUT2D eigenvalue weighted by molar-refractivity contribution is 5.83. The molecule has 0 saturated carbocycles. The number of nitrogens with one attached hydrogen (secondary N) is 1. The van der Waals surface area contributed by atoms with Gasteiger partial charge in [-0.2, -0.15) is 0 Å². The molecular formula is C10H12FNO4. The molecule has 1 aliphatic heterocycles. The second kappa shape index (κ2) is 5.79. The summed E-state index contributed by atoms with van der Waals surface area (Å²) in [4.78, 5) is 10.4. The van der Waals surface area contributed by atoms with Crippen molar-refractivity contribution in [3.05, 3.63) is 18.2 Å². The Labute approximate surface area is 91.8 Å². The van der Waals surface area contributed by atoms with Gasteiger partial charge in [-0.3, -0.25) is 9.71 Å². The lowest BCUT2D eigenvalue weighted by atomic mass is 10.2. The number of anilines is 1. The summed E-state index contributed by atoms with van der Waals surface area (Å²) in [5.74, 6) is 1.22. The van der Waals surface area contributed by atoms with Crippen molar-refractivity contribution in [1.82, 2.24) is 0 Å². The summed E-state index contributed by atoms with van der Waals surface area (Å²) in [7, 11) is 0.500. The van der Waals surface area contributed by atoms with Crippen LogP contribution in [0.5, 0.6) is 11.5 Å². The van der Waals surface area contributed by atoms with E-state index in [2.05, 4.69) is 5.32 Å². The number of halogens is 1. The van der Waals surface area contributed by atoms with Gasteiger partial charge in [0.2, 0.25) is 0 Å². The lowest BCUT2D eigenvalue weighted by Crippen LogP contribution is -2.15. The molecule has 2 N–H and O–H groups in total. The third-order valence-electron chi connectivity index (χ3n) is 1.79. The summed E-state index contributed by atoms with van der Waals surface area (Å²) in [5.41, 5.74) is 0.474. The average molecular weight is 229 g/mol. The molecule has 6 heteroatoms. The van der Waals surface area contributed by atoms with Gasteiger partial charge in [-0.1, -0.05) is 0 Å². The van der Waals surface area contributed by atoms with Gasteiger partial charge < -0.3 is 14.6 Å². The number of alkyl halides is 1. The maximum Gasteiger partial charge on any atom is 0.409 e. The van der Waals surface area contributed by atoms with E-state index in [0.29, 0.717) is 37.6 Å². The Morgan fingerprint density at radius 3 is 2.56 bits per heavy atom. The molecule has 2 rings (SSSR count). The molecule has 5 nitrogen and oxygen atoms in total. The van der Waals surface area contributed by atoms with Crippen LogP contribution in [0.25, 0.3) is 0 Å². The van der Waals surface area contributed by atoms with Gasteiger partial charge >= 0.3 is 6.09 Å². The fourth-order valence-corrected chi connectivity index (χ4v) is 1.24. The molecule has 1 aromatic rings. The molecule has 0 radical (unpaired) electrons. The molecule has 0 saturated heterocycles. The first-order valence-corrected chi connectivity index (χ1v) is 4.53. The van der Waals surface area contributed by atoms with Gasteiger partial charge in [0.05, 0.1) is 7.18 Å². The highest BCUT2D eigenvalue weighted by atomic mass is 19.1. The molecule has 0 unspecified atom stereocenters.